The summed E-state index contributed by atoms with van der Waals surface area (Å²) in [7, 11) is 0. The van der Waals surface area contributed by atoms with Gasteiger partial charge in [0.2, 0.25) is 0 Å². The van der Waals surface area contributed by atoms with Crippen molar-refractivity contribution in [1.29, 1.82) is 0 Å². The number of halogens is 3. The minimum atomic E-state index is -4.19. The summed E-state index contributed by atoms with van der Waals surface area (Å²) < 4.78 is 37.4. The van der Waals surface area contributed by atoms with E-state index in [1.807, 2.05) is 13.8 Å². The summed E-state index contributed by atoms with van der Waals surface area (Å²) in [5, 5.41) is 9.75. The fourth-order valence-electron chi connectivity index (χ4n) is 1.28. The number of aromatic nitrogens is 3. The molecule has 4 nitrogen and oxygen atoms in total. The molecule has 92 valence electrons. The first kappa shape index (κ1) is 13.0. The van der Waals surface area contributed by atoms with Crippen molar-refractivity contribution in [2.24, 2.45) is 5.92 Å². The lowest BCUT2D eigenvalue weighted by Gasteiger charge is -2.10. The van der Waals surface area contributed by atoms with Gasteiger partial charge in [-0.3, -0.25) is 0 Å². The molecular weight excluding hydrogens is 221 g/mol. The van der Waals surface area contributed by atoms with Crippen LogP contribution in [-0.2, 0) is 13.1 Å². The lowest BCUT2D eigenvalue weighted by atomic mass is 10.2. The third-order valence-corrected chi connectivity index (χ3v) is 1.87. The van der Waals surface area contributed by atoms with Crippen LogP contribution in [0.4, 0.5) is 13.2 Å². The molecule has 16 heavy (non-hydrogen) atoms. The maximum Gasteiger partial charge on any atom is 0.401 e. The molecule has 0 fully saturated rings. The topological polar surface area (TPSA) is 42.7 Å². The van der Waals surface area contributed by atoms with Crippen molar-refractivity contribution in [2.45, 2.75) is 33.1 Å². The molecule has 0 aliphatic rings. The number of hydrogen-bond donors (Lipinski definition) is 1. The molecule has 0 saturated carbocycles. The van der Waals surface area contributed by atoms with Gasteiger partial charge in [-0.25, -0.2) is 0 Å². The van der Waals surface area contributed by atoms with Gasteiger partial charge in [0.05, 0.1) is 13.1 Å². The van der Waals surface area contributed by atoms with Crippen LogP contribution in [0.3, 0.4) is 0 Å². The molecule has 1 heterocycles. The van der Waals surface area contributed by atoms with E-state index in [2.05, 4.69) is 15.5 Å². The highest BCUT2D eigenvalue weighted by Crippen LogP contribution is 2.12. The molecule has 0 unspecified atom stereocenters. The standard InChI is InChI=1S/C9H15F3N4/c1-7(2)4-16-6-14-15-8(16)3-13-5-9(10,11)12/h6-7,13H,3-5H2,1-2H3. The molecule has 0 radical (unpaired) electrons. The van der Waals surface area contributed by atoms with Gasteiger partial charge >= 0.3 is 6.18 Å². The fraction of sp³-hybridized carbons (Fsp3) is 0.778. The molecular formula is C9H15F3N4. The van der Waals surface area contributed by atoms with Crippen molar-refractivity contribution >= 4 is 0 Å². The first-order valence-corrected chi connectivity index (χ1v) is 5.02. The number of alkyl halides is 3. The molecule has 7 heteroatoms. The SMILES string of the molecule is CC(C)Cn1cnnc1CNCC(F)(F)F. The van der Waals surface area contributed by atoms with Crippen LogP contribution in [0.2, 0.25) is 0 Å². The molecule has 0 aliphatic heterocycles. The van der Waals surface area contributed by atoms with Crippen molar-refractivity contribution in [3.8, 4) is 0 Å². The van der Waals surface area contributed by atoms with Gasteiger partial charge in [0.15, 0.2) is 0 Å². The highest BCUT2D eigenvalue weighted by Gasteiger charge is 2.26. The second kappa shape index (κ2) is 5.29. The first-order valence-electron chi connectivity index (χ1n) is 5.02. The molecule has 1 rings (SSSR count). The number of nitrogens with one attached hydrogen (secondary N) is 1. The minimum absolute atomic E-state index is 0.0756. The molecule has 0 amide bonds. The van der Waals surface area contributed by atoms with Crippen LogP contribution in [0.25, 0.3) is 0 Å². The summed E-state index contributed by atoms with van der Waals surface area (Å²) in [5.74, 6) is 0.926. The summed E-state index contributed by atoms with van der Waals surface area (Å²) in [6, 6.07) is 0. The van der Waals surface area contributed by atoms with E-state index in [0.717, 1.165) is 0 Å². The summed E-state index contributed by atoms with van der Waals surface area (Å²) in [6.07, 6.45) is -2.66. The second-order valence-electron chi connectivity index (χ2n) is 4.01. The van der Waals surface area contributed by atoms with E-state index in [0.29, 0.717) is 18.3 Å². The third-order valence-electron chi connectivity index (χ3n) is 1.87. The maximum absolute atomic E-state index is 11.9. The Morgan fingerprint density at radius 2 is 2.12 bits per heavy atom. The van der Waals surface area contributed by atoms with Crippen LogP contribution >= 0.6 is 0 Å². The Kier molecular flexibility index (Phi) is 4.28. The van der Waals surface area contributed by atoms with Crippen molar-refractivity contribution in [3.05, 3.63) is 12.2 Å². The summed E-state index contributed by atoms with van der Waals surface area (Å²) in [6.45, 7) is 3.81. The lowest BCUT2D eigenvalue weighted by molar-refractivity contribution is -0.125. The van der Waals surface area contributed by atoms with Crippen LogP contribution in [0.1, 0.15) is 19.7 Å². The van der Waals surface area contributed by atoms with Crippen LogP contribution in [0, 0.1) is 5.92 Å². The molecule has 0 spiro atoms. The van der Waals surface area contributed by atoms with Crippen LogP contribution in [0.5, 0.6) is 0 Å². The average Bonchev–Trinajstić information content (AvgIpc) is 2.49. The highest BCUT2D eigenvalue weighted by molar-refractivity contribution is 4.85. The molecule has 0 bridgehead atoms. The summed E-state index contributed by atoms with van der Waals surface area (Å²) >= 11 is 0. The fourth-order valence-corrected chi connectivity index (χ4v) is 1.28. The first-order chi connectivity index (χ1) is 7.38. The molecule has 0 saturated heterocycles. The molecule has 1 aromatic rings. The normalized spacial score (nSPS) is 12.4. The van der Waals surface area contributed by atoms with Crippen molar-refractivity contribution in [1.82, 2.24) is 20.1 Å². The van der Waals surface area contributed by atoms with E-state index in [4.69, 9.17) is 0 Å². The maximum atomic E-state index is 11.9. The molecule has 1 aromatic heterocycles. The monoisotopic (exact) mass is 236 g/mol. The van der Waals surface area contributed by atoms with Gasteiger partial charge in [-0.1, -0.05) is 13.8 Å². The Morgan fingerprint density at radius 1 is 1.44 bits per heavy atom. The number of nitrogens with zero attached hydrogens (tertiary/aromatic N) is 3. The zero-order chi connectivity index (χ0) is 12.2. The highest BCUT2D eigenvalue weighted by atomic mass is 19.4. The number of hydrogen-bond acceptors (Lipinski definition) is 3. The van der Waals surface area contributed by atoms with Gasteiger partial charge in [-0.15, -0.1) is 10.2 Å². The van der Waals surface area contributed by atoms with Crippen molar-refractivity contribution < 1.29 is 13.2 Å². The summed E-state index contributed by atoms with van der Waals surface area (Å²) in [4.78, 5) is 0. The minimum Gasteiger partial charge on any atom is -0.316 e. The summed E-state index contributed by atoms with van der Waals surface area (Å²) in [5.41, 5.74) is 0. The van der Waals surface area contributed by atoms with Gasteiger partial charge in [0.25, 0.3) is 0 Å². The predicted molar refractivity (Wildman–Crippen MR) is 52.6 cm³/mol. The third kappa shape index (κ3) is 4.61. The van der Waals surface area contributed by atoms with Gasteiger partial charge in [-0.05, 0) is 5.92 Å². The second-order valence-corrected chi connectivity index (χ2v) is 4.01. The van der Waals surface area contributed by atoms with E-state index in [-0.39, 0.29) is 6.54 Å². The largest absolute Gasteiger partial charge is 0.401 e. The van der Waals surface area contributed by atoms with E-state index in [9.17, 15) is 13.2 Å². The lowest BCUT2D eigenvalue weighted by Crippen LogP contribution is -2.29. The van der Waals surface area contributed by atoms with Gasteiger partial charge in [0, 0.05) is 6.54 Å². The smallest absolute Gasteiger partial charge is 0.316 e. The van der Waals surface area contributed by atoms with Crippen molar-refractivity contribution in [3.63, 3.8) is 0 Å². The van der Waals surface area contributed by atoms with Gasteiger partial charge in [0.1, 0.15) is 12.2 Å². The Labute approximate surface area is 91.9 Å². The van der Waals surface area contributed by atoms with E-state index in [1.54, 1.807) is 4.57 Å². The van der Waals surface area contributed by atoms with Gasteiger partial charge < -0.3 is 9.88 Å². The van der Waals surface area contributed by atoms with Crippen LogP contribution in [-0.4, -0.2) is 27.5 Å². The molecule has 0 aliphatic carbocycles. The Balaban J connectivity index is 2.45. The van der Waals surface area contributed by atoms with E-state index >= 15 is 0 Å². The van der Waals surface area contributed by atoms with Gasteiger partial charge in [-0.2, -0.15) is 13.2 Å². The zero-order valence-electron chi connectivity index (χ0n) is 9.25. The van der Waals surface area contributed by atoms with Crippen LogP contribution < -0.4 is 5.32 Å². The molecule has 0 atom stereocenters. The Hall–Kier alpha value is -1.11. The number of rotatable bonds is 5. The predicted octanol–water partition coefficient (Wildman–Crippen LogP) is 1.59. The Morgan fingerprint density at radius 3 is 2.69 bits per heavy atom. The quantitative estimate of drug-likeness (QED) is 0.844. The van der Waals surface area contributed by atoms with Crippen LogP contribution in [0.15, 0.2) is 6.33 Å². The zero-order valence-corrected chi connectivity index (χ0v) is 9.25. The Bertz CT molecular complexity index is 319. The van der Waals surface area contributed by atoms with Crippen molar-refractivity contribution in [2.75, 3.05) is 6.54 Å². The van der Waals surface area contributed by atoms with E-state index in [1.165, 1.54) is 6.33 Å². The molecule has 0 aromatic carbocycles. The van der Waals surface area contributed by atoms with E-state index < -0.39 is 12.7 Å². The molecule has 1 N–H and O–H groups in total. The average molecular weight is 236 g/mol.